The summed E-state index contributed by atoms with van der Waals surface area (Å²) >= 11 is 0. The van der Waals surface area contributed by atoms with Gasteiger partial charge in [0.1, 0.15) is 0 Å². The fourth-order valence-electron chi connectivity index (χ4n) is 4.61. The van der Waals surface area contributed by atoms with E-state index < -0.39 is 0 Å². The summed E-state index contributed by atoms with van der Waals surface area (Å²) in [5, 5.41) is 4.89. The predicted octanol–water partition coefficient (Wildman–Crippen LogP) is 3.88. The highest BCUT2D eigenvalue weighted by molar-refractivity contribution is 5.99. The highest BCUT2D eigenvalue weighted by atomic mass is 16.5. The van der Waals surface area contributed by atoms with Crippen LogP contribution in [0.25, 0.3) is 0 Å². The van der Waals surface area contributed by atoms with Crippen LogP contribution >= 0.6 is 0 Å². The van der Waals surface area contributed by atoms with E-state index in [2.05, 4.69) is 15.6 Å². The molecule has 2 heterocycles. The molecule has 0 saturated carbocycles. The van der Waals surface area contributed by atoms with E-state index in [1.54, 1.807) is 7.11 Å². The minimum Gasteiger partial charge on any atom is -0.381 e. The summed E-state index contributed by atoms with van der Waals surface area (Å²) < 4.78 is 5.43. The molecule has 1 saturated heterocycles. The van der Waals surface area contributed by atoms with Gasteiger partial charge in [0.25, 0.3) is 5.91 Å². The lowest BCUT2D eigenvalue weighted by Gasteiger charge is -2.32. The molecule has 1 fully saturated rings. The van der Waals surface area contributed by atoms with Gasteiger partial charge in [0.2, 0.25) is 5.91 Å². The van der Waals surface area contributed by atoms with Gasteiger partial charge in [-0.2, -0.15) is 0 Å². The lowest BCUT2D eigenvalue weighted by molar-refractivity contribution is -0.116. The maximum atomic E-state index is 12.7. The second kappa shape index (κ2) is 10.8. The first-order chi connectivity index (χ1) is 16.0. The predicted molar refractivity (Wildman–Crippen MR) is 130 cm³/mol. The number of nitrogens with zero attached hydrogens (tertiary/aromatic N) is 2. The molecule has 0 spiro atoms. The number of hydrogen-bond acceptors (Lipinski definition) is 5. The Morgan fingerprint density at radius 1 is 1.15 bits per heavy atom. The molecule has 7 heteroatoms. The van der Waals surface area contributed by atoms with E-state index in [4.69, 9.17) is 4.74 Å². The number of benzene rings is 2. The number of likely N-dealkylation sites (tertiary alicyclic amines) is 1. The highest BCUT2D eigenvalue weighted by Crippen LogP contribution is 2.30. The van der Waals surface area contributed by atoms with Gasteiger partial charge in [-0.1, -0.05) is 24.3 Å². The molecule has 2 aliphatic heterocycles. The molecule has 2 amide bonds. The number of amides is 2. The average Bonchev–Trinajstić information content (AvgIpc) is 2.82. The van der Waals surface area contributed by atoms with Crippen LogP contribution in [-0.2, 0) is 16.1 Å². The Balaban J connectivity index is 1.32. The third-order valence-corrected chi connectivity index (χ3v) is 6.54. The summed E-state index contributed by atoms with van der Waals surface area (Å²) in [6, 6.07) is 13.5. The van der Waals surface area contributed by atoms with Crippen LogP contribution in [0, 0.1) is 6.92 Å². The number of fused-ring (bicyclic) bond motifs is 1. The van der Waals surface area contributed by atoms with Crippen LogP contribution in [0.5, 0.6) is 0 Å². The summed E-state index contributed by atoms with van der Waals surface area (Å²) in [6.45, 7) is 5.71. The topological polar surface area (TPSA) is 73.9 Å². The Morgan fingerprint density at radius 2 is 1.94 bits per heavy atom. The maximum absolute atomic E-state index is 12.7. The van der Waals surface area contributed by atoms with Crippen LogP contribution in [0.2, 0.25) is 0 Å². The number of carbonyl (C=O) groups excluding carboxylic acids is 2. The highest BCUT2D eigenvalue weighted by Gasteiger charge is 2.24. The quantitative estimate of drug-likeness (QED) is 0.597. The third kappa shape index (κ3) is 5.92. The molecule has 0 bridgehead atoms. The number of piperidine rings is 1. The van der Waals surface area contributed by atoms with Gasteiger partial charge in [0, 0.05) is 32.2 Å². The van der Waals surface area contributed by atoms with Crippen LogP contribution in [0.1, 0.15) is 53.6 Å². The summed E-state index contributed by atoms with van der Waals surface area (Å²) in [5.41, 5.74) is 7.17. The van der Waals surface area contributed by atoms with Crippen molar-refractivity contribution >= 4 is 23.2 Å². The number of hydrogen-bond donors (Lipinski definition) is 2. The normalized spacial score (nSPS) is 16.9. The molecule has 2 aromatic carbocycles. The Hall–Kier alpha value is -2.90. The van der Waals surface area contributed by atoms with E-state index in [0.717, 1.165) is 67.8 Å². The molecule has 7 nitrogen and oxygen atoms in total. The first-order valence-electron chi connectivity index (χ1n) is 11.9. The standard InChI is InChI=1S/C26H34N4O3/c1-19-10-11-24(30-18-20-7-3-4-8-22(20)26(32)28-30)23(17-19)27-25(31)9-5-6-14-29-15-12-21(33-2)13-16-29/h3-4,7-8,10-11,17,21H,5-6,9,12-16,18H2,1-2H3,(H,27,31)(H,28,32). The number of methoxy groups -OCH3 is 1. The molecule has 0 unspecified atom stereocenters. The second-order valence-corrected chi connectivity index (χ2v) is 8.99. The van der Waals surface area contributed by atoms with E-state index in [1.807, 2.05) is 54.4 Å². The van der Waals surface area contributed by atoms with Crippen molar-refractivity contribution in [3.8, 4) is 0 Å². The molecule has 0 radical (unpaired) electrons. The molecule has 0 aromatic heterocycles. The fraction of sp³-hybridized carbons (Fsp3) is 0.462. The lowest BCUT2D eigenvalue weighted by atomic mass is 10.0. The summed E-state index contributed by atoms with van der Waals surface area (Å²) in [4.78, 5) is 27.7. The largest absolute Gasteiger partial charge is 0.381 e. The first-order valence-corrected chi connectivity index (χ1v) is 11.9. The first kappa shape index (κ1) is 23.3. The Labute approximate surface area is 196 Å². The van der Waals surface area contributed by atoms with Gasteiger partial charge < -0.3 is 15.0 Å². The van der Waals surface area contributed by atoms with E-state index in [9.17, 15) is 9.59 Å². The van der Waals surface area contributed by atoms with E-state index in [1.165, 1.54) is 0 Å². The molecule has 0 aliphatic carbocycles. The van der Waals surface area contributed by atoms with Gasteiger partial charge in [0.15, 0.2) is 0 Å². The van der Waals surface area contributed by atoms with Crippen LogP contribution in [0.3, 0.4) is 0 Å². The molecule has 176 valence electrons. The molecule has 0 atom stereocenters. The number of carbonyl (C=O) groups is 2. The molecule has 2 N–H and O–H groups in total. The van der Waals surface area contributed by atoms with E-state index >= 15 is 0 Å². The second-order valence-electron chi connectivity index (χ2n) is 8.99. The van der Waals surface area contributed by atoms with Crippen molar-refractivity contribution < 1.29 is 14.3 Å². The summed E-state index contributed by atoms with van der Waals surface area (Å²) in [6.07, 6.45) is 4.91. The fourth-order valence-corrected chi connectivity index (χ4v) is 4.61. The van der Waals surface area contributed by atoms with E-state index in [0.29, 0.717) is 24.6 Å². The monoisotopic (exact) mass is 450 g/mol. The van der Waals surface area contributed by atoms with Gasteiger partial charge in [-0.15, -0.1) is 0 Å². The van der Waals surface area contributed by atoms with Crippen LogP contribution in [-0.4, -0.2) is 49.6 Å². The molecular weight excluding hydrogens is 416 g/mol. The number of unbranched alkanes of at least 4 members (excludes halogenated alkanes) is 1. The number of nitrogens with one attached hydrogen (secondary N) is 2. The zero-order chi connectivity index (χ0) is 23.2. The minimum atomic E-state index is -0.135. The van der Waals surface area contributed by atoms with Crippen molar-refractivity contribution in [2.45, 2.75) is 51.7 Å². The Bertz CT molecular complexity index is 985. The summed E-state index contributed by atoms with van der Waals surface area (Å²) in [5.74, 6) is -0.132. The zero-order valence-corrected chi connectivity index (χ0v) is 19.6. The van der Waals surface area contributed by atoms with Crippen molar-refractivity contribution in [2.24, 2.45) is 0 Å². The molecule has 4 rings (SSSR count). The number of aryl methyl sites for hydroxylation is 1. The number of anilines is 2. The van der Waals surface area contributed by atoms with Crippen molar-refractivity contribution in [3.05, 3.63) is 59.2 Å². The van der Waals surface area contributed by atoms with Crippen LogP contribution < -0.4 is 15.8 Å². The number of hydrazine groups is 1. The van der Waals surface area contributed by atoms with Crippen molar-refractivity contribution in [3.63, 3.8) is 0 Å². The minimum absolute atomic E-state index is 0.00340. The lowest BCUT2D eigenvalue weighted by Crippen LogP contribution is -2.46. The smallest absolute Gasteiger partial charge is 0.270 e. The molecular formula is C26H34N4O3. The number of ether oxygens (including phenoxy) is 1. The van der Waals surface area contributed by atoms with Gasteiger partial charge in [0.05, 0.1) is 24.0 Å². The van der Waals surface area contributed by atoms with Gasteiger partial charge in [-0.25, -0.2) is 0 Å². The van der Waals surface area contributed by atoms with E-state index in [-0.39, 0.29) is 11.8 Å². The van der Waals surface area contributed by atoms with Gasteiger partial charge >= 0.3 is 0 Å². The average molecular weight is 451 g/mol. The van der Waals surface area contributed by atoms with Crippen molar-refractivity contribution in [1.29, 1.82) is 0 Å². The third-order valence-electron chi connectivity index (χ3n) is 6.54. The molecule has 2 aromatic rings. The SMILES string of the molecule is COC1CCN(CCCCC(=O)Nc2cc(C)ccc2N2Cc3ccccc3C(=O)N2)CC1. The number of rotatable bonds is 8. The zero-order valence-electron chi connectivity index (χ0n) is 19.6. The molecule has 2 aliphatic rings. The molecule has 33 heavy (non-hydrogen) atoms. The van der Waals surface area contributed by atoms with Crippen molar-refractivity contribution in [2.75, 3.05) is 37.1 Å². The Morgan fingerprint density at radius 3 is 2.73 bits per heavy atom. The van der Waals surface area contributed by atoms with Gasteiger partial charge in [-0.05, 0) is 68.5 Å². The van der Waals surface area contributed by atoms with Gasteiger partial charge in [-0.3, -0.25) is 20.0 Å². The van der Waals surface area contributed by atoms with Crippen LogP contribution in [0.15, 0.2) is 42.5 Å². The van der Waals surface area contributed by atoms with Crippen molar-refractivity contribution in [1.82, 2.24) is 10.3 Å². The Kier molecular flexibility index (Phi) is 7.62. The summed E-state index contributed by atoms with van der Waals surface area (Å²) in [7, 11) is 1.79. The van der Waals surface area contributed by atoms with Crippen LogP contribution in [0.4, 0.5) is 11.4 Å². The maximum Gasteiger partial charge on any atom is 0.270 e.